The molecule has 0 aliphatic carbocycles. The molecule has 1 aromatic heterocycles. The van der Waals surface area contributed by atoms with Gasteiger partial charge in [0.1, 0.15) is 6.04 Å². The number of carbonyl (C=O) groups is 1. The van der Waals surface area contributed by atoms with Crippen molar-refractivity contribution in [3.8, 4) is 6.07 Å². The lowest BCUT2D eigenvalue weighted by Crippen LogP contribution is -2.45. The first-order valence-corrected chi connectivity index (χ1v) is 6.31. The first kappa shape index (κ1) is 14.5. The number of aromatic nitrogens is 2. The number of hydrogen-bond acceptors (Lipinski definition) is 4. The zero-order valence-electron chi connectivity index (χ0n) is 11.6. The molecule has 2 aromatic rings. The molecule has 0 bridgehead atoms. The van der Waals surface area contributed by atoms with E-state index in [1.807, 2.05) is 6.07 Å². The van der Waals surface area contributed by atoms with E-state index in [-0.39, 0.29) is 11.1 Å². The van der Waals surface area contributed by atoms with E-state index in [0.717, 1.165) is 4.57 Å². The van der Waals surface area contributed by atoms with Crippen LogP contribution in [0.15, 0.2) is 46.1 Å². The van der Waals surface area contributed by atoms with Crippen molar-refractivity contribution in [1.29, 1.82) is 5.26 Å². The highest BCUT2D eigenvalue weighted by molar-refractivity contribution is 5.95. The molecule has 1 heterocycles. The normalized spacial score (nSPS) is 11.7. The highest BCUT2D eigenvalue weighted by Gasteiger charge is 2.19. The molecule has 0 saturated carbocycles. The van der Waals surface area contributed by atoms with Gasteiger partial charge in [-0.3, -0.25) is 14.2 Å². The summed E-state index contributed by atoms with van der Waals surface area (Å²) in [5, 5.41) is 8.94. The fraction of sp³-hybridized carbons (Fsp3) is 0.200. The summed E-state index contributed by atoms with van der Waals surface area (Å²) < 4.78 is 1.65. The minimum atomic E-state index is -0.812. The summed E-state index contributed by atoms with van der Waals surface area (Å²) in [6, 6.07) is 9.20. The SMILES string of the molecule is Cc1cn(C(C)C#N)c(=O)n(C(=O)c2ccccc2)c1=O. The zero-order chi connectivity index (χ0) is 15.6. The molecule has 6 nitrogen and oxygen atoms in total. The molecule has 0 N–H and O–H groups in total. The van der Waals surface area contributed by atoms with Crippen molar-refractivity contribution in [2.45, 2.75) is 19.9 Å². The Morgan fingerprint density at radius 3 is 2.43 bits per heavy atom. The van der Waals surface area contributed by atoms with E-state index in [9.17, 15) is 14.4 Å². The van der Waals surface area contributed by atoms with Gasteiger partial charge in [-0.25, -0.2) is 4.79 Å². The molecule has 6 heteroatoms. The number of rotatable bonds is 2. The Bertz CT molecular complexity index is 841. The van der Waals surface area contributed by atoms with Crippen LogP contribution in [0.3, 0.4) is 0 Å². The average Bonchev–Trinajstić information content (AvgIpc) is 2.51. The van der Waals surface area contributed by atoms with Crippen molar-refractivity contribution in [3.63, 3.8) is 0 Å². The number of aryl methyl sites for hydroxylation is 1. The zero-order valence-corrected chi connectivity index (χ0v) is 11.6. The Morgan fingerprint density at radius 2 is 1.86 bits per heavy atom. The minimum Gasteiger partial charge on any atom is -0.284 e. The van der Waals surface area contributed by atoms with Gasteiger partial charge in [0.25, 0.3) is 11.5 Å². The van der Waals surface area contributed by atoms with E-state index < -0.39 is 23.2 Å². The van der Waals surface area contributed by atoms with E-state index in [4.69, 9.17) is 5.26 Å². The largest absolute Gasteiger partial charge is 0.339 e. The highest BCUT2D eigenvalue weighted by Crippen LogP contribution is 2.03. The maximum absolute atomic E-state index is 12.4. The molecule has 0 spiro atoms. The Balaban J connectivity index is 2.73. The quantitative estimate of drug-likeness (QED) is 0.825. The van der Waals surface area contributed by atoms with Gasteiger partial charge in [0.05, 0.1) is 6.07 Å². The maximum Gasteiger partial charge on any atom is 0.339 e. The number of carbonyl (C=O) groups excluding carboxylic acids is 1. The second kappa shape index (κ2) is 5.59. The van der Waals surface area contributed by atoms with Crippen molar-refractivity contribution in [2.24, 2.45) is 0 Å². The topological polar surface area (TPSA) is 84.9 Å². The average molecular weight is 283 g/mol. The van der Waals surface area contributed by atoms with Crippen molar-refractivity contribution >= 4 is 5.91 Å². The third kappa shape index (κ3) is 2.54. The van der Waals surface area contributed by atoms with Crippen LogP contribution in [-0.2, 0) is 0 Å². The van der Waals surface area contributed by atoms with Crippen molar-refractivity contribution in [1.82, 2.24) is 9.13 Å². The maximum atomic E-state index is 12.4. The summed E-state index contributed by atoms with van der Waals surface area (Å²) in [4.78, 5) is 36.8. The summed E-state index contributed by atoms with van der Waals surface area (Å²) >= 11 is 0. The number of nitriles is 1. The van der Waals surface area contributed by atoms with Crippen LogP contribution in [0.2, 0.25) is 0 Å². The molecule has 2 rings (SSSR count). The van der Waals surface area contributed by atoms with Gasteiger partial charge in [-0.05, 0) is 26.0 Å². The van der Waals surface area contributed by atoms with Gasteiger partial charge < -0.3 is 0 Å². The van der Waals surface area contributed by atoms with Crippen LogP contribution in [-0.4, -0.2) is 15.0 Å². The van der Waals surface area contributed by atoms with E-state index >= 15 is 0 Å². The lowest BCUT2D eigenvalue weighted by atomic mass is 10.2. The van der Waals surface area contributed by atoms with Gasteiger partial charge in [0.15, 0.2) is 0 Å². The summed E-state index contributed by atoms with van der Waals surface area (Å²) in [7, 11) is 0. The van der Waals surface area contributed by atoms with Gasteiger partial charge in [-0.1, -0.05) is 18.2 Å². The highest BCUT2D eigenvalue weighted by atomic mass is 16.2. The molecule has 21 heavy (non-hydrogen) atoms. The minimum absolute atomic E-state index is 0.223. The Hall–Kier alpha value is -2.94. The second-order valence-electron chi connectivity index (χ2n) is 4.62. The molecule has 0 amide bonds. The van der Waals surface area contributed by atoms with Crippen LogP contribution < -0.4 is 11.2 Å². The van der Waals surface area contributed by atoms with Gasteiger partial charge in [-0.15, -0.1) is 0 Å². The lowest BCUT2D eigenvalue weighted by molar-refractivity contribution is 0.0948. The Morgan fingerprint density at radius 1 is 1.24 bits per heavy atom. The molecule has 1 unspecified atom stereocenters. The van der Waals surface area contributed by atoms with E-state index in [1.165, 1.54) is 32.2 Å². The fourth-order valence-electron chi connectivity index (χ4n) is 1.93. The monoisotopic (exact) mass is 283 g/mol. The van der Waals surface area contributed by atoms with Crippen LogP contribution in [0.1, 0.15) is 28.9 Å². The molecule has 0 fully saturated rings. The van der Waals surface area contributed by atoms with Gasteiger partial charge >= 0.3 is 5.69 Å². The molecule has 1 atom stereocenters. The Kier molecular flexibility index (Phi) is 3.85. The first-order valence-electron chi connectivity index (χ1n) is 6.31. The van der Waals surface area contributed by atoms with Crippen LogP contribution in [0.4, 0.5) is 0 Å². The van der Waals surface area contributed by atoms with Crippen LogP contribution in [0, 0.1) is 18.3 Å². The van der Waals surface area contributed by atoms with Crippen LogP contribution in [0.5, 0.6) is 0 Å². The molecular formula is C15H13N3O3. The lowest BCUT2D eigenvalue weighted by Gasteiger charge is -2.12. The standard InChI is InChI=1S/C15H13N3O3/c1-10-9-17(11(2)8-16)15(21)18(13(10)19)14(20)12-6-4-3-5-7-12/h3-7,9,11H,1-2H3. The predicted octanol–water partition coefficient (Wildman–Crippen LogP) is 1.09. The number of hydrogen-bond donors (Lipinski definition) is 0. The van der Waals surface area contributed by atoms with E-state index in [2.05, 4.69) is 0 Å². The number of nitrogens with zero attached hydrogens (tertiary/aromatic N) is 3. The summed E-state index contributed by atoms with van der Waals surface area (Å²) in [6.45, 7) is 3.01. The van der Waals surface area contributed by atoms with Gasteiger partial charge in [-0.2, -0.15) is 9.83 Å². The molecule has 0 radical (unpaired) electrons. The summed E-state index contributed by atoms with van der Waals surface area (Å²) in [5.41, 5.74) is -1.02. The second-order valence-corrected chi connectivity index (χ2v) is 4.62. The fourth-order valence-corrected chi connectivity index (χ4v) is 1.93. The third-order valence-electron chi connectivity index (χ3n) is 3.11. The smallest absolute Gasteiger partial charge is 0.284 e. The molecule has 106 valence electrons. The van der Waals surface area contributed by atoms with Crippen molar-refractivity contribution in [3.05, 3.63) is 68.5 Å². The van der Waals surface area contributed by atoms with E-state index in [0.29, 0.717) is 4.57 Å². The molecular weight excluding hydrogens is 270 g/mol. The van der Waals surface area contributed by atoms with Crippen LogP contribution in [0.25, 0.3) is 0 Å². The van der Waals surface area contributed by atoms with Gasteiger partial charge in [0.2, 0.25) is 0 Å². The summed E-state index contributed by atoms with van der Waals surface area (Å²) in [5.74, 6) is -0.701. The third-order valence-corrected chi connectivity index (χ3v) is 3.11. The van der Waals surface area contributed by atoms with Crippen molar-refractivity contribution in [2.75, 3.05) is 0 Å². The molecule has 0 aliphatic rings. The van der Waals surface area contributed by atoms with Crippen LogP contribution >= 0.6 is 0 Å². The molecule has 0 saturated heterocycles. The van der Waals surface area contributed by atoms with Crippen molar-refractivity contribution < 1.29 is 4.79 Å². The van der Waals surface area contributed by atoms with Gasteiger partial charge in [0, 0.05) is 17.3 Å². The van der Waals surface area contributed by atoms with E-state index in [1.54, 1.807) is 18.2 Å². The predicted molar refractivity (Wildman–Crippen MR) is 76.2 cm³/mol. The molecule has 0 aliphatic heterocycles. The Labute approximate surface area is 120 Å². The summed E-state index contributed by atoms with van der Waals surface area (Å²) in [6.07, 6.45) is 1.30. The first-order chi connectivity index (χ1) is 9.97. The molecule has 1 aromatic carbocycles. The number of benzene rings is 1.